The molecule has 0 bridgehead atoms. The Morgan fingerprint density at radius 3 is 2.18 bits per heavy atom. The molecule has 12 heteroatoms. The molecule has 2 aliphatic rings. The van der Waals surface area contributed by atoms with E-state index in [2.05, 4.69) is 20.9 Å². The molecule has 3 aromatic carbocycles. The molecule has 1 aliphatic heterocycles. The van der Waals surface area contributed by atoms with Gasteiger partial charge in [-0.2, -0.15) is 0 Å². The Morgan fingerprint density at radius 1 is 0.816 bits per heavy atom. The number of nitrogens with zero attached hydrogens (tertiary/aromatic N) is 1. The number of amides is 4. The molecule has 4 amide bonds. The molecule has 49 heavy (non-hydrogen) atoms. The number of benzene rings is 3. The van der Waals surface area contributed by atoms with E-state index in [1.54, 1.807) is 6.20 Å². The first-order chi connectivity index (χ1) is 23.6. The first-order valence-corrected chi connectivity index (χ1v) is 16.4. The van der Waals surface area contributed by atoms with Crippen molar-refractivity contribution in [2.45, 2.75) is 63.7 Å². The standard InChI is InChI=1S/C37H39N5O7/c1-21(41-37(47)48-20-29-26-13-6-4-11-24(26)25-12-5-7-14-27(25)29)33(43)39-22(2)35(45)42-18-10-17-31(42)34(44)40-23(3)36(46)49-32-19-38-30-16-9-8-15-28(30)32/h4-9,11-16,19,21-23,29,31,38H,10,17-18,20H2,1-3H3,(H,39,43)(H,40,44)(H,41,47)/t21?,22-,23-,31?/m0/s1. The summed E-state index contributed by atoms with van der Waals surface area (Å²) in [6.45, 7) is 4.95. The van der Waals surface area contributed by atoms with Crippen molar-refractivity contribution in [2.24, 2.45) is 0 Å². The van der Waals surface area contributed by atoms with Crippen molar-refractivity contribution in [3.63, 3.8) is 0 Å². The molecule has 254 valence electrons. The van der Waals surface area contributed by atoms with E-state index in [-0.39, 0.29) is 12.5 Å². The Kier molecular flexibility index (Phi) is 9.65. The number of likely N-dealkylation sites (tertiary alicyclic amines) is 1. The Balaban J connectivity index is 0.974. The summed E-state index contributed by atoms with van der Waals surface area (Å²) in [5.41, 5.74) is 5.17. The highest BCUT2D eigenvalue weighted by molar-refractivity contribution is 5.95. The summed E-state index contributed by atoms with van der Waals surface area (Å²) in [6, 6.07) is 19.6. The number of nitrogens with one attached hydrogen (secondary N) is 4. The molecule has 6 rings (SSSR count). The van der Waals surface area contributed by atoms with Crippen LogP contribution >= 0.6 is 0 Å². The molecule has 4 N–H and O–H groups in total. The van der Waals surface area contributed by atoms with E-state index in [0.29, 0.717) is 25.1 Å². The smallest absolute Gasteiger partial charge is 0.407 e. The van der Waals surface area contributed by atoms with Gasteiger partial charge in [-0.05, 0) is 68.0 Å². The highest BCUT2D eigenvalue weighted by Gasteiger charge is 2.38. The minimum atomic E-state index is -0.993. The Labute approximate surface area is 283 Å². The van der Waals surface area contributed by atoms with Gasteiger partial charge in [0.15, 0.2) is 5.75 Å². The molecular formula is C37H39N5O7. The van der Waals surface area contributed by atoms with Crippen LogP contribution in [0, 0.1) is 0 Å². The molecule has 0 spiro atoms. The number of ether oxygens (including phenoxy) is 2. The number of rotatable bonds is 10. The largest absolute Gasteiger partial charge is 0.449 e. The molecule has 1 fully saturated rings. The van der Waals surface area contributed by atoms with E-state index >= 15 is 0 Å². The normalized spacial score (nSPS) is 17.0. The first-order valence-electron chi connectivity index (χ1n) is 16.4. The number of esters is 1. The van der Waals surface area contributed by atoms with E-state index < -0.39 is 54.0 Å². The molecule has 12 nitrogen and oxygen atoms in total. The van der Waals surface area contributed by atoms with Gasteiger partial charge in [0.05, 0.1) is 0 Å². The summed E-state index contributed by atoms with van der Waals surface area (Å²) in [7, 11) is 0. The highest BCUT2D eigenvalue weighted by atomic mass is 16.5. The molecule has 4 aromatic rings. The van der Waals surface area contributed by atoms with Crippen molar-refractivity contribution in [1.29, 1.82) is 0 Å². The number of aromatic amines is 1. The first kappa shape index (κ1) is 33.3. The van der Waals surface area contributed by atoms with Crippen LogP contribution in [0.5, 0.6) is 5.75 Å². The predicted octanol–water partition coefficient (Wildman–Crippen LogP) is 4.00. The van der Waals surface area contributed by atoms with Gasteiger partial charge in [0, 0.05) is 29.6 Å². The number of hydrogen-bond donors (Lipinski definition) is 4. The van der Waals surface area contributed by atoms with Crippen LogP contribution in [0.25, 0.3) is 22.0 Å². The molecule has 2 unspecified atom stereocenters. The molecule has 1 aromatic heterocycles. The lowest BCUT2D eigenvalue weighted by atomic mass is 9.98. The van der Waals surface area contributed by atoms with Crippen LogP contribution in [0.1, 0.15) is 50.7 Å². The van der Waals surface area contributed by atoms with E-state index in [9.17, 15) is 24.0 Å². The van der Waals surface area contributed by atoms with Crippen LogP contribution in [-0.4, -0.2) is 77.0 Å². The minimum absolute atomic E-state index is 0.0981. The number of aromatic nitrogens is 1. The monoisotopic (exact) mass is 665 g/mol. The SMILES string of the molecule is CC(NC(=O)OCC1c2ccccc2-c2ccccc21)C(=O)N[C@@H](C)C(=O)N1CCCC1C(=O)N[C@@H](C)C(=O)Oc1c[nH]c2ccccc12. The third kappa shape index (κ3) is 6.99. The third-order valence-electron chi connectivity index (χ3n) is 9.11. The number of alkyl carbamates (subject to hydrolysis) is 1. The summed E-state index contributed by atoms with van der Waals surface area (Å²) >= 11 is 0. The van der Waals surface area contributed by atoms with Crippen molar-refractivity contribution in [2.75, 3.05) is 13.2 Å². The number of para-hydroxylation sites is 1. The molecule has 2 heterocycles. The second-order valence-electron chi connectivity index (χ2n) is 12.5. The van der Waals surface area contributed by atoms with E-state index in [1.807, 2.05) is 72.8 Å². The summed E-state index contributed by atoms with van der Waals surface area (Å²) in [5, 5.41) is 8.58. The van der Waals surface area contributed by atoms with Crippen molar-refractivity contribution in [1.82, 2.24) is 25.8 Å². The second-order valence-corrected chi connectivity index (χ2v) is 12.5. The average molecular weight is 666 g/mol. The molecule has 4 atom stereocenters. The van der Waals surface area contributed by atoms with Crippen molar-refractivity contribution in [3.05, 3.63) is 90.1 Å². The lowest BCUT2D eigenvalue weighted by Gasteiger charge is -2.28. The summed E-state index contributed by atoms with van der Waals surface area (Å²) in [4.78, 5) is 69.4. The van der Waals surface area contributed by atoms with Gasteiger partial charge in [-0.1, -0.05) is 60.7 Å². The predicted molar refractivity (Wildman–Crippen MR) is 182 cm³/mol. The summed E-state index contributed by atoms with van der Waals surface area (Å²) < 4.78 is 11.1. The quantitative estimate of drug-likeness (QED) is 0.186. The molecule has 1 aliphatic carbocycles. The van der Waals surface area contributed by atoms with Gasteiger partial charge in [-0.3, -0.25) is 14.4 Å². The van der Waals surface area contributed by atoms with Crippen LogP contribution in [-0.2, 0) is 23.9 Å². The number of fused-ring (bicyclic) bond motifs is 4. The van der Waals surface area contributed by atoms with Crippen LogP contribution in [0.3, 0.4) is 0 Å². The fraction of sp³-hybridized carbons (Fsp3) is 0.324. The van der Waals surface area contributed by atoms with Gasteiger partial charge in [-0.15, -0.1) is 0 Å². The van der Waals surface area contributed by atoms with E-state index in [1.165, 1.54) is 25.7 Å². The highest BCUT2D eigenvalue weighted by Crippen LogP contribution is 2.44. The zero-order chi connectivity index (χ0) is 34.7. The number of carbonyl (C=O) groups is 5. The zero-order valence-electron chi connectivity index (χ0n) is 27.5. The Bertz CT molecular complexity index is 1860. The van der Waals surface area contributed by atoms with Crippen molar-refractivity contribution >= 4 is 40.7 Å². The average Bonchev–Trinajstić information content (AvgIpc) is 3.83. The minimum Gasteiger partial charge on any atom is -0.449 e. The van der Waals surface area contributed by atoms with Crippen molar-refractivity contribution in [3.8, 4) is 16.9 Å². The Morgan fingerprint density at radius 2 is 1.47 bits per heavy atom. The third-order valence-corrected chi connectivity index (χ3v) is 9.11. The molecular weight excluding hydrogens is 626 g/mol. The van der Waals surface area contributed by atoms with Crippen LogP contribution < -0.4 is 20.7 Å². The zero-order valence-corrected chi connectivity index (χ0v) is 27.5. The second kappa shape index (κ2) is 14.2. The van der Waals surface area contributed by atoms with E-state index in [4.69, 9.17) is 9.47 Å². The van der Waals surface area contributed by atoms with Gasteiger partial charge in [0.2, 0.25) is 17.7 Å². The summed E-state index contributed by atoms with van der Waals surface area (Å²) in [5.74, 6) is -1.94. The maximum Gasteiger partial charge on any atom is 0.407 e. The van der Waals surface area contributed by atoms with Crippen LogP contribution in [0.4, 0.5) is 4.79 Å². The number of hydrogen-bond acceptors (Lipinski definition) is 7. The lowest BCUT2D eigenvalue weighted by molar-refractivity contribution is -0.143. The van der Waals surface area contributed by atoms with Crippen molar-refractivity contribution < 1.29 is 33.4 Å². The van der Waals surface area contributed by atoms with Gasteiger partial charge < -0.3 is 35.3 Å². The van der Waals surface area contributed by atoms with Gasteiger partial charge in [0.1, 0.15) is 30.8 Å². The lowest BCUT2D eigenvalue weighted by Crippen LogP contribution is -2.56. The number of H-pyrrole nitrogens is 1. The topological polar surface area (TPSA) is 159 Å². The molecule has 1 saturated heterocycles. The summed E-state index contributed by atoms with van der Waals surface area (Å²) in [6.07, 6.45) is 1.82. The Hall–Kier alpha value is -5.65. The van der Waals surface area contributed by atoms with Crippen LogP contribution in [0.15, 0.2) is 79.0 Å². The molecule has 0 saturated carbocycles. The number of carbonyl (C=O) groups excluding carboxylic acids is 5. The fourth-order valence-electron chi connectivity index (χ4n) is 6.53. The fourth-order valence-corrected chi connectivity index (χ4v) is 6.53. The maximum absolute atomic E-state index is 13.4. The molecule has 0 radical (unpaired) electrons. The van der Waals surface area contributed by atoms with E-state index in [0.717, 1.165) is 33.2 Å². The van der Waals surface area contributed by atoms with Gasteiger partial charge >= 0.3 is 12.1 Å². The van der Waals surface area contributed by atoms with Gasteiger partial charge in [-0.25, -0.2) is 9.59 Å². The maximum atomic E-state index is 13.4. The van der Waals surface area contributed by atoms with Gasteiger partial charge in [0.25, 0.3) is 0 Å². The van der Waals surface area contributed by atoms with Crippen LogP contribution in [0.2, 0.25) is 0 Å².